The Morgan fingerprint density at radius 3 is 1.15 bits per heavy atom. The Morgan fingerprint density at radius 1 is 0.377 bits per heavy atom. The van der Waals surface area contributed by atoms with Crippen molar-refractivity contribution in [3.8, 4) is 0 Å². The van der Waals surface area contributed by atoms with Gasteiger partial charge in [-0.05, 0) is 309 Å². The van der Waals surface area contributed by atoms with Crippen LogP contribution in [0.3, 0.4) is 0 Å². The molecule has 16 heterocycles. The summed E-state index contributed by atoms with van der Waals surface area (Å²) in [6, 6.07) is 51.8. The molecule has 0 N–H and O–H groups in total. The highest BCUT2D eigenvalue weighted by molar-refractivity contribution is 6.13. The first-order valence-electron chi connectivity index (χ1n) is 49.3. The highest BCUT2D eigenvalue weighted by atomic mass is 16.4. The average molecular weight is 1740 g/mol. The zero-order valence-electron chi connectivity index (χ0n) is 83.4. The summed E-state index contributed by atoms with van der Waals surface area (Å²) in [5, 5.41) is 11.2. The number of hydrogen-bond donors (Lipinski definition) is 0. The lowest BCUT2D eigenvalue weighted by Crippen LogP contribution is -2.56. The van der Waals surface area contributed by atoms with Gasteiger partial charge in [0.2, 0.25) is 28.6 Å². The molecule has 130 heavy (non-hydrogen) atoms. The van der Waals surface area contributed by atoms with Gasteiger partial charge in [-0.2, -0.15) is 0 Å². The topological polar surface area (TPSA) is 150 Å². The summed E-state index contributed by atoms with van der Waals surface area (Å²) < 4.78 is 50.5. The Bertz CT molecular complexity index is 7520. The number of fused-ring (bicyclic) bond motifs is 28. The van der Waals surface area contributed by atoms with Crippen molar-refractivity contribution in [2.45, 2.75) is 290 Å². The number of furan rings is 5. The summed E-state index contributed by atoms with van der Waals surface area (Å²) >= 11 is 0. The van der Waals surface area contributed by atoms with Gasteiger partial charge in [-0.3, -0.25) is 4.90 Å². The average Bonchev–Trinajstić information content (AvgIpc) is 1.51. The van der Waals surface area contributed by atoms with Crippen molar-refractivity contribution in [1.82, 2.24) is 29.8 Å². The Hall–Kier alpha value is -11.0. The first-order valence-corrected chi connectivity index (χ1v) is 48.3. The molecule has 10 bridgehead atoms. The van der Waals surface area contributed by atoms with Gasteiger partial charge in [0.05, 0.1) is 47.5 Å². The Balaban J connectivity index is 0.0000000965. The zero-order chi connectivity index (χ0) is 92.9. The number of hydrogen-bond acceptors (Lipinski definition) is 16. The molecule has 16 heteroatoms. The molecule has 10 aliphatic rings. The molecule has 6 aliphatic heterocycles. The third-order valence-corrected chi connectivity index (χ3v) is 36.5. The maximum Gasteiger partial charge on any atom is 0.227 e. The molecular weight excluding hydrogens is 1600 g/mol. The van der Waals surface area contributed by atoms with Crippen molar-refractivity contribution in [3.05, 3.63) is 213 Å². The number of pyridine rings is 5. The van der Waals surface area contributed by atoms with E-state index in [2.05, 4.69) is 315 Å². The van der Waals surface area contributed by atoms with E-state index in [0.717, 1.165) is 152 Å². The lowest BCUT2D eigenvalue weighted by Gasteiger charge is -2.51. The summed E-state index contributed by atoms with van der Waals surface area (Å²) in [5.41, 5.74) is 29.2. The molecule has 17 unspecified atom stereocenters. The second-order valence-corrected chi connectivity index (χ2v) is 43.7. The summed E-state index contributed by atoms with van der Waals surface area (Å²) in [6.45, 7) is 61.9. The third-order valence-electron chi connectivity index (χ3n) is 36.5. The SMILES string of the molecule is Cc1ccc2c(n1)oc1c(N3C(C)C4(C)CC3(C)C(C)C4C)c(C)ccc12.Cc1ccc2c(n1)oc1c(N3C(C)C4(C)CCC3(C)C4(C)C)c(C)ccc12.Cc1ccc2c(n1)oc1c(N3C(C)C4CCC3C4(C)C)c(C)ccc12.Cc1ccc2c(n1)oc1c(N3C(C)N4CCC3(C)C4)c(C)ccc12.[2H]C12CC([2H])(c3ccccc31)N(c1c(C)ccc3c1oc1nc(C)ccc13)C2C. The van der Waals surface area contributed by atoms with Crippen molar-refractivity contribution in [1.29, 1.82) is 0 Å². The van der Waals surface area contributed by atoms with Crippen molar-refractivity contribution < 1.29 is 24.8 Å². The molecule has 10 aromatic heterocycles. The van der Waals surface area contributed by atoms with Gasteiger partial charge in [0.15, 0.2) is 27.9 Å². The number of anilines is 5. The first kappa shape index (κ1) is 82.2. The Labute approximate surface area is 768 Å². The molecule has 3 saturated carbocycles. The highest BCUT2D eigenvalue weighted by Gasteiger charge is 2.71. The molecule has 4 aliphatic carbocycles. The van der Waals surface area contributed by atoms with Gasteiger partial charge in [0.1, 0.15) is 0 Å². The van der Waals surface area contributed by atoms with Crippen LogP contribution < -0.4 is 24.5 Å². The van der Waals surface area contributed by atoms with Crippen LogP contribution in [0.2, 0.25) is 0 Å². The fourth-order valence-electron chi connectivity index (χ4n) is 28.1. The fourth-order valence-corrected chi connectivity index (χ4v) is 28.1. The van der Waals surface area contributed by atoms with E-state index in [-0.39, 0.29) is 28.1 Å². The second kappa shape index (κ2) is 29.0. The van der Waals surface area contributed by atoms with Crippen LogP contribution in [-0.4, -0.2) is 95.9 Å². The van der Waals surface area contributed by atoms with Gasteiger partial charge in [0, 0.05) is 144 Å². The second-order valence-electron chi connectivity index (χ2n) is 43.7. The van der Waals surface area contributed by atoms with Gasteiger partial charge in [-0.25, -0.2) is 24.9 Å². The minimum absolute atomic E-state index is 0.128. The van der Waals surface area contributed by atoms with E-state index in [1.165, 1.54) is 112 Å². The molecule has 16 nitrogen and oxygen atoms in total. The van der Waals surface area contributed by atoms with Crippen LogP contribution in [-0.2, 0) is 0 Å². The first-order chi connectivity index (χ1) is 62.5. The predicted molar refractivity (Wildman–Crippen MR) is 535 cm³/mol. The monoisotopic (exact) mass is 1740 g/mol. The number of aromatic nitrogens is 5. The minimum atomic E-state index is -0.973. The quantitative estimate of drug-likeness (QED) is 0.161. The van der Waals surface area contributed by atoms with E-state index in [9.17, 15) is 2.74 Å². The molecule has 6 aromatic carbocycles. The molecule has 9 fully saturated rings. The van der Waals surface area contributed by atoms with E-state index in [1.54, 1.807) is 0 Å². The molecule has 17 atom stereocenters. The lowest BCUT2D eigenvalue weighted by atomic mass is 9.65. The van der Waals surface area contributed by atoms with Crippen molar-refractivity contribution in [2.24, 2.45) is 39.4 Å². The van der Waals surface area contributed by atoms with E-state index in [1.807, 2.05) is 65.0 Å². The number of piperidine rings is 3. The molecule has 16 aromatic rings. The number of benzene rings is 6. The molecule has 0 spiro atoms. The molecule has 26 rings (SSSR count). The Kier molecular flexibility index (Phi) is 18.3. The van der Waals surface area contributed by atoms with Crippen molar-refractivity contribution in [3.63, 3.8) is 0 Å². The number of rotatable bonds is 5. The fraction of sp³-hybridized carbons (Fsp3) is 0.465. The van der Waals surface area contributed by atoms with Gasteiger partial charge in [-0.15, -0.1) is 0 Å². The van der Waals surface area contributed by atoms with Crippen LogP contribution in [0.15, 0.2) is 168 Å². The van der Waals surface area contributed by atoms with E-state index >= 15 is 0 Å². The zero-order valence-corrected chi connectivity index (χ0v) is 81.4. The molecule has 672 valence electrons. The van der Waals surface area contributed by atoms with Crippen LogP contribution in [0, 0.1) is 109 Å². The maximum absolute atomic E-state index is 9.49. The summed E-state index contributed by atoms with van der Waals surface area (Å²) in [6.07, 6.45) is 8.50. The van der Waals surface area contributed by atoms with Crippen LogP contribution in [0.4, 0.5) is 28.4 Å². The van der Waals surface area contributed by atoms with Crippen molar-refractivity contribution in [2.75, 3.05) is 37.6 Å². The third kappa shape index (κ3) is 11.7. The molecular formula is C114H131N11O5. The predicted octanol–water partition coefficient (Wildman–Crippen LogP) is 28.5. The van der Waals surface area contributed by atoms with E-state index in [0.29, 0.717) is 64.6 Å². The van der Waals surface area contributed by atoms with Crippen LogP contribution in [0.1, 0.15) is 238 Å². The number of nitrogens with zero attached hydrogens (tertiary/aromatic N) is 11. The largest absolute Gasteiger partial charge is 0.436 e. The van der Waals surface area contributed by atoms with E-state index in [4.69, 9.17) is 22.1 Å². The summed E-state index contributed by atoms with van der Waals surface area (Å²) in [4.78, 5) is 38.4. The minimum Gasteiger partial charge on any atom is -0.436 e. The normalized spacial score (nSPS) is 31.0. The van der Waals surface area contributed by atoms with Crippen LogP contribution in [0.25, 0.3) is 110 Å². The lowest BCUT2D eigenvalue weighted by molar-refractivity contribution is 0.132. The molecule has 6 saturated heterocycles. The van der Waals surface area contributed by atoms with Gasteiger partial charge in [0.25, 0.3) is 0 Å². The van der Waals surface area contributed by atoms with Gasteiger partial charge in [-0.1, -0.05) is 140 Å². The summed E-state index contributed by atoms with van der Waals surface area (Å²) in [7, 11) is 0. The Morgan fingerprint density at radius 2 is 0.762 bits per heavy atom. The highest BCUT2D eigenvalue weighted by Crippen LogP contribution is 2.71. The van der Waals surface area contributed by atoms with Gasteiger partial charge < -0.3 is 46.6 Å². The molecule has 0 radical (unpaired) electrons. The number of aryl methyl sites for hydroxylation is 10. The smallest absolute Gasteiger partial charge is 0.227 e. The van der Waals surface area contributed by atoms with E-state index < -0.39 is 11.9 Å². The summed E-state index contributed by atoms with van der Waals surface area (Å²) in [5.74, 6) is 1.34. The maximum atomic E-state index is 9.49. The van der Waals surface area contributed by atoms with Gasteiger partial charge >= 0.3 is 0 Å². The molecule has 0 amide bonds. The van der Waals surface area contributed by atoms with Crippen LogP contribution in [0.5, 0.6) is 0 Å². The standard InChI is InChI=1S/C24H22N2O.2C24H30N2O.C22H26N2O.C20H23N3O/c1-13-8-10-18-19-11-9-14(2)25-24(19)27-23(18)22(13)26-15(3)20-12-21(26)17-7-5-4-6-16(17)20;1-14-8-10-17-18-11-9-15(2)25-21(18)27-20(17)19(14)26-16(3)23(6)12-13-24(26,7)22(23,4)5;1-13-8-10-18-19-11-9-14(2)25-22(19)27-21(18)20(13)26-17(5)23(6)12-24(26,7)16(4)15(23)3;1-12-6-8-15-16-9-7-13(2)23-21(16)25-20(15)19(12)24-14(3)17-10-11-18(24)22(17,4)5;1-12-5-7-15-16-8-6-13(2)21-19(16)24-18(15)17(12)23-14(3)22-10-9-20(23,4)11-22/h4-11,15,20-21H,12H2,1-3H3;8-11,16H,12-13H2,1-7H3;8-11,15-17H,12H2,1-7H3;6-9,14,17-18H,10-11H2,1-5H3;5-8,14H,9-11H2,1-4H3/i20D,21D;;;;. The van der Waals surface area contributed by atoms with Crippen molar-refractivity contribution >= 4 is 139 Å². The van der Waals surface area contributed by atoms with Crippen LogP contribution >= 0.6 is 0 Å².